The van der Waals surface area contributed by atoms with Crippen LogP contribution in [0.1, 0.15) is 101 Å². The Hall–Kier alpha value is -2.35. The number of carbonyl (C=O) groups excluding carboxylic acids is 1. The maximum Gasteiger partial charge on any atom is 0.251 e. The van der Waals surface area contributed by atoms with Crippen LogP contribution in [-0.2, 0) is 0 Å². The number of fused-ring (bicyclic) bond motifs is 1. The predicted molar refractivity (Wildman–Crippen MR) is 139 cm³/mol. The third kappa shape index (κ3) is 6.58. The highest BCUT2D eigenvalue weighted by Gasteiger charge is 2.26. The van der Waals surface area contributed by atoms with Crippen molar-refractivity contribution in [1.29, 1.82) is 0 Å². The van der Waals surface area contributed by atoms with Gasteiger partial charge in [-0.3, -0.25) is 4.79 Å². The van der Waals surface area contributed by atoms with E-state index in [4.69, 9.17) is 0 Å². The first-order valence-corrected chi connectivity index (χ1v) is 12.6. The summed E-state index contributed by atoms with van der Waals surface area (Å²) >= 11 is 0. The third-order valence-electron chi connectivity index (χ3n) is 6.93. The fourth-order valence-corrected chi connectivity index (χ4v) is 4.91. The Morgan fingerprint density at radius 3 is 2.47 bits per heavy atom. The van der Waals surface area contributed by atoms with Crippen molar-refractivity contribution in [3.8, 4) is 0 Å². The molecule has 0 unspecified atom stereocenters. The van der Waals surface area contributed by atoms with Gasteiger partial charge in [-0.25, -0.2) is 0 Å². The van der Waals surface area contributed by atoms with Crippen molar-refractivity contribution in [2.45, 2.75) is 85.5 Å². The second-order valence-corrected chi connectivity index (χ2v) is 10.1. The zero-order chi connectivity index (χ0) is 23.0. The van der Waals surface area contributed by atoms with Gasteiger partial charge in [-0.15, -0.1) is 0 Å². The standard InChI is InChI=1S/C30H41NO/c1-5-6-7-8-9-10-20-31-29(32)27-17-16-25-21-24(13-15-26(25)22-27)14-18-28-23(2)12-11-19-30(28,3)4/h13-18,21-22H,5-12,19-20H2,1-4H3,(H,31,32)/b18-14+. The molecular weight excluding hydrogens is 390 g/mol. The van der Waals surface area contributed by atoms with Crippen LogP contribution < -0.4 is 5.32 Å². The van der Waals surface area contributed by atoms with Gasteiger partial charge in [-0.05, 0) is 78.1 Å². The molecule has 1 amide bonds. The fourth-order valence-electron chi connectivity index (χ4n) is 4.91. The molecule has 0 atom stereocenters. The molecule has 1 aliphatic carbocycles. The molecule has 0 aliphatic heterocycles. The minimum atomic E-state index is 0.0337. The van der Waals surface area contributed by atoms with Crippen LogP contribution in [-0.4, -0.2) is 12.5 Å². The predicted octanol–water partition coefficient (Wildman–Crippen LogP) is 8.47. The Balaban J connectivity index is 1.61. The van der Waals surface area contributed by atoms with Gasteiger partial charge in [-0.1, -0.05) is 88.8 Å². The molecule has 0 bridgehead atoms. The van der Waals surface area contributed by atoms with E-state index in [-0.39, 0.29) is 11.3 Å². The van der Waals surface area contributed by atoms with Gasteiger partial charge in [0.05, 0.1) is 0 Å². The SMILES string of the molecule is CCCCCCCCNC(=O)c1ccc2cc(/C=C/C3=C(C)CCCC3(C)C)ccc2c1. The van der Waals surface area contributed by atoms with Gasteiger partial charge in [0.2, 0.25) is 0 Å². The first-order chi connectivity index (χ1) is 15.4. The first kappa shape index (κ1) is 24.3. The van der Waals surface area contributed by atoms with Gasteiger partial charge in [-0.2, -0.15) is 0 Å². The Bertz CT molecular complexity index is 979. The summed E-state index contributed by atoms with van der Waals surface area (Å²) in [6, 6.07) is 12.5. The molecule has 2 aromatic rings. The summed E-state index contributed by atoms with van der Waals surface area (Å²) in [6.07, 6.45) is 15.7. The number of amides is 1. The quantitative estimate of drug-likeness (QED) is 0.375. The van der Waals surface area contributed by atoms with Crippen LogP contribution >= 0.6 is 0 Å². The van der Waals surface area contributed by atoms with Crippen LogP contribution in [0, 0.1) is 5.41 Å². The molecule has 2 heteroatoms. The minimum absolute atomic E-state index is 0.0337. The van der Waals surface area contributed by atoms with E-state index >= 15 is 0 Å². The van der Waals surface area contributed by atoms with Crippen molar-refractivity contribution in [1.82, 2.24) is 5.32 Å². The number of unbranched alkanes of at least 4 members (excludes halogenated alkanes) is 5. The lowest BCUT2D eigenvalue weighted by Crippen LogP contribution is -2.24. The highest BCUT2D eigenvalue weighted by atomic mass is 16.1. The molecule has 0 saturated heterocycles. The summed E-state index contributed by atoms with van der Waals surface area (Å²) in [4.78, 5) is 12.5. The molecule has 172 valence electrons. The van der Waals surface area contributed by atoms with Gasteiger partial charge in [0.1, 0.15) is 0 Å². The second kappa shape index (κ2) is 11.5. The Labute approximate surface area is 195 Å². The Morgan fingerprint density at radius 1 is 0.969 bits per heavy atom. The van der Waals surface area contributed by atoms with E-state index in [1.165, 1.54) is 73.5 Å². The molecule has 1 N–H and O–H groups in total. The van der Waals surface area contributed by atoms with E-state index in [1.54, 1.807) is 0 Å². The molecule has 0 heterocycles. The summed E-state index contributed by atoms with van der Waals surface area (Å²) in [5.74, 6) is 0.0337. The van der Waals surface area contributed by atoms with E-state index in [0.717, 1.165) is 23.9 Å². The lowest BCUT2D eigenvalue weighted by atomic mass is 9.72. The van der Waals surface area contributed by atoms with E-state index in [2.05, 4.69) is 69.4 Å². The number of hydrogen-bond acceptors (Lipinski definition) is 1. The van der Waals surface area contributed by atoms with Gasteiger partial charge in [0.15, 0.2) is 0 Å². The van der Waals surface area contributed by atoms with E-state index in [0.29, 0.717) is 0 Å². The molecule has 2 aromatic carbocycles. The van der Waals surface area contributed by atoms with Gasteiger partial charge >= 0.3 is 0 Å². The first-order valence-electron chi connectivity index (χ1n) is 12.6. The maximum atomic E-state index is 12.5. The molecule has 0 saturated carbocycles. The highest BCUT2D eigenvalue weighted by molar-refractivity contribution is 5.98. The maximum absolute atomic E-state index is 12.5. The second-order valence-electron chi connectivity index (χ2n) is 10.1. The average Bonchev–Trinajstić information content (AvgIpc) is 2.77. The number of carbonyl (C=O) groups is 1. The highest BCUT2D eigenvalue weighted by Crippen LogP contribution is 2.41. The summed E-state index contributed by atoms with van der Waals surface area (Å²) in [7, 11) is 0. The van der Waals surface area contributed by atoms with Crippen LogP contribution in [0.2, 0.25) is 0 Å². The average molecular weight is 432 g/mol. The van der Waals surface area contributed by atoms with Crippen LogP contribution in [0.5, 0.6) is 0 Å². The van der Waals surface area contributed by atoms with Crippen LogP contribution in [0.3, 0.4) is 0 Å². The number of rotatable bonds is 10. The molecule has 1 aliphatic rings. The van der Waals surface area contributed by atoms with Crippen molar-refractivity contribution < 1.29 is 4.79 Å². The molecule has 3 rings (SSSR count). The van der Waals surface area contributed by atoms with Crippen LogP contribution in [0.4, 0.5) is 0 Å². The fraction of sp³-hybridized carbons (Fsp3) is 0.500. The summed E-state index contributed by atoms with van der Waals surface area (Å²) < 4.78 is 0. The third-order valence-corrected chi connectivity index (χ3v) is 6.93. The normalized spacial score (nSPS) is 16.1. The van der Waals surface area contributed by atoms with E-state index in [1.807, 2.05) is 12.1 Å². The molecule has 32 heavy (non-hydrogen) atoms. The Kier molecular flexibility index (Phi) is 8.73. The van der Waals surface area contributed by atoms with Crippen LogP contribution in [0.25, 0.3) is 16.8 Å². The molecule has 0 radical (unpaired) electrons. The van der Waals surface area contributed by atoms with Crippen molar-refractivity contribution in [2.24, 2.45) is 5.41 Å². The van der Waals surface area contributed by atoms with Gasteiger partial charge in [0.25, 0.3) is 5.91 Å². The Morgan fingerprint density at radius 2 is 1.69 bits per heavy atom. The van der Waals surface area contributed by atoms with Gasteiger partial charge in [0, 0.05) is 12.1 Å². The van der Waals surface area contributed by atoms with Gasteiger partial charge < -0.3 is 5.32 Å². The van der Waals surface area contributed by atoms with Crippen LogP contribution in [0.15, 0.2) is 53.6 Å². The minimum Gasteiger partial charge on any atom is -0.352 e. The summed E-state index contributed by atoms with van der Waals surface area (Å²) in [5, 5.41) is 5.37. The largest absolute Gasteiger partial charge is 0.352 e. The number of allylic oxidation sites excluding steroid dienone is 3. The van der Waals surface area contributed by atoms with E-state index in [9.17, 15) is 4.79 Å². The smallest absolute Gasteiger partial charge is 0.251 e. The molecular formula is C30H41NO. The number of hydrogen-bond donors (Lipinski definition) is 1. The molecule has 0 spiro atoms. The van der Waals surface area contributed by atoms with Crippen molar-refractivity contribution in [3.05, 3.63) is 64.7 Å². The van der Waals surface area contributed by atoms with Crippen molar-refractivity contribution >= 4 is 22.8 Å². The number of nitrogens with one attached hydrogen (secondary N) is 1. The monoisotopic (exact) mass is 431 g/mol. The topological polar surface area (TPSA) is 29.1 Å². The van der Waals surface area contributed by atoms with Crippen molar-refractivity contribution in [3.63, 3.8) is 0 Å². The zero-order valence-corrected chi connectivity index (χ0v) is 20.6. The lowest BCUT2D eigenvalue weighted by Gasteiger charge is -2.32. The zero-order valence-electron chi connectivity index (χ0n) is 20.6. The number of benzene rings is 2. The summed E-state index contributed by atoms with van der Waals surface area (Å²) in [6.45, 7) is 9.99. The van der Waals surface area contributed by atoms with Crippen molar-refractivity contribution in [2.75, 3.05) is 6.54 Å². The van der Waals surface area contributed by atoms with E-state index < -0.39 is 0 Å². The molecule has 2 nitrogen and oxygen atoms in total. The summed E-state index contributed by atoms with van der Waals surface area (Å²) in [5.41, 5.74) is 5.22. The molecule has 0 aromatic heterocycles. The lowest BCUT2D eigenvalue weighted by molar-refractivity contribution is 0.0953. The molecule has 0 fully saturated rings.